The van der Waals surface area contributed by atoms with Crippen LogP contribution in [0.4, 0.5) is 0 Å². The molecule has 2 aromatic carbocycles. The minimum atomic E-state index is -1.11. The normalized spacial score (nSPS) is 13.1. The number of carbonyl (C=O) groups is 3. The van der Waals surface area contributed by atoms with Crippen LogP contribution in [0.1, 0.15) is 30.4 Å². The molecule has 0 heterocycles. The Morgan fingerprint density at radius 2 is 1.36 bits per heavy atom. The third-order valence-corrected chi connectivity index (χ3v) is 5.70. The van der Waals surface area contributed by atoms with Crippen molar-refractivity contribution in [3.05, 3.63) is 71.8 Å². The van der Waals surface area contributed by atoms with E-state index in [0.29, 0.717) is 6.42 Å². The average molecular weight is 495 g/mol. The van der Waals surface area contributed by atoms with E-state index in [4.69, 9.17) is 22.9 Å². The van der Waals surface area contributed by atoms with E-state index in [-0.39, 0.29) is 44.1 Å². The lowest BCUT2D eigenvalue weighted by Gasteiger charge is -2.21. The number of nitrogens with two attached hydrogens (primary N) is 4. The van der Waals surface area contributed by atoms with E-state index in [9.17, 15) is 19.5 Å². The molecule has 0 aliphatic carbocycles. The Kier molecular flexibility index (Phi) is 11.1. The van der Waals surface area contributed by atoms with Crippen LogP contribution in [0.15, 0.2) is 70.6 Å². The van der Waals surface area contributed by atoms with E-state index in [1.807, 2.05) is 12.1 Å². The van der Waals surface area contributed by atoms with Gasteiger partial charge in [0, 0.05) is 13.0 Å². The van der Waals surface area contributed by atoms with Crippen molar-refractivity contribution in [3.8, 4) is 0 Å². The van der Waals surface area contributed by atoms with Crippen molar-refractivity contribution in [3.63, 3.8) is 0 Å². The molecule has 0 spiro atoms. The quantitative estimate of drug-likeness (QED) is 0.104. The Morgan fingerprint density at radius 1 is 0.806 bits per heavy atom. The van der Waals surface area contributed by atoms with Crippen molar-refractivity contribution in [2.45, 2.75) is 38.1 Å². The molecule has 0 amide bonds. The third-order valence-electron chi connectivity index (χ3n) is 5.70. The molecular weight excluding hydrogens is 460 g/mol. The molecule has 0 saturated carbocycles. The van der Waals surface area contributed by atoms with Crippen LogP contribution >= 0.6 is 0 Å². The molecule has 10 nitrogen and oxygen atoms in total. The van der Waals surface area contributed by atoms with Crippen molar-refractivity contribution < 1.29 is 19.5 Å². The van der Waals surface area contributed by atoms with Crippen molar-refractivity contribution in [2.24, 2.45) is 44.8 Å². The van der Waals surface area contributed by atoms with Gasteiger partial charge >= 0.3 is 5.97 Å². The molecular formula is C26H34N6O4. The molecule has 2 rings (SSSR count). The van der Waals surface area contributed by atoms with Gasteiger partial charge in [0.2, 0.25) is 0 Å². The molecule has 0 aromatic heterocycles. The summed E-state index contributed by atoms with van der Waals surface area (Å²) in [4.78, 5) is 47.0. The van der Waals surface area contributed by atoms with Crippen molar-refractivity contribution in [2.75, 3.05) is 6.54 Å². The number of hydrogen-bond acceptors (Lipinski definition) is 5. The number of ketones is 2. The summed E-state index contributed by atoms with van der Waals surface area (Å²) in [6.45, 7) is 0.265. The second-order valence-electron chi connectivity index (χ2n) is 8.56. The van der Waals surface area contributed by atoms with Gasteiger partial charge in [-0.15, -0.1) is 0 Å². The second-order valence-corrected chi connectivity index (χ2v) is 8.56. The number of carboxylic acids is 1. The number of aliphatic imine (C=N–C) groups is 2. The molecule has 0 bridgehead atoms. The molecule has 0 aliphatic heterocycles. The maximum Gasteiger partial charge on any atom is 0.307 e. The number of Topliss-reactive ketones (excluding diaryl/α,β-unsaturated/α-hetero) is 2. The standard InChI is InChI=1S/C26H34N6O4/c27-25(28)31-13-7-12-21(32-26(29)30)23(34)20(15-18-10-5-2-6-11-18)22(33)16-19(24(35)36)14-17-8-3-1-4-9-17/h1-6,8-11,19-21H,7,12-16H2,(H,35,36)(H4,27,28,31)(H4,29,30,32)/t19-,20-,21+/m1/s1. The zero-order valence-electron chi connectivity index (χ0n) is 20.1. The number of carboxylic acid groups (broad SMARTS) is 1. The number of hydrogen-bond donors (Lipinski definition) is 5. The fourth-order valence-electron chi connectivity index (χ4n) is 3.93. The molecule has 9 N–H and O–H groups in total. The lowest BCUT2D eigenvalue weighted by Crippen LogP contribution is -2.38. The lowest BCUT2D eigenvalue weighted by molar-refractivity contribution is -0.145. The lowest BCUT2D eigenvalue weighted by atomic mass is 9.82. The summed E-state index contributed by atoms with van der Waals surface area (Å²) >= 11 is 0. The molecule has 0 radical (unpaired) electrons. The largest absolute Gasteiger partial charge is 0.481 e. The van der Waals surface area contributed by atoms with Crippen LogP contribution in [0, 0.1) is 11.8 Å². The number of rotatable bonds is 15. The first-order valence-corrected chi connectivity index (χ1v) is 11.7. The third kappa shape index (κ3) is 9.57. The Hall–Kier alpha value is -4.21. The second kappa shape index (κ2) is 14.2. The highest BCUT2D eigenvalue weighted by atomic mass is 16.4. The average Bonchev–Trinajstić information content (AvgIpc) is 2.84. The Labute approximate surface area is 210 Å². The molecule has 3 atom stereocenters. The van der Waals surface area contributed by atoms with Crippen molar-refractivity contribution in [1.29, 1.82) is 0 Å². The van der Waals surface area contributed by atoms with Crippen LogP contribution in [-0.2, 0) is 27.2 Å². The van der Waals surface area contributed by atoms with Gasteiger partial charge in [-0.3, -0.25) is 19.4 Å². The molecule has 0 fully saturated rings. The number of aliphatic carboxylic acids is 1. The fourth-order valence-corrected chi connectivity index (χ4v) is 3.93. The maximum atomic E-state index is 13.6. The molecule has 192 valence electrons. The number of benzene rings is 2. The van der Waals surface area contributed by atoms with Gasteiger partial charge in [-0.2, -0.15) is 0 Å². The number of guanidine groups is 2. The van der Waals surface area contributed by atoms with E-state index in [2.05, 4.69) is 9.98 Å². The summed E-state index contributed by atoms with van der Waals surface area (Å²) in [5.74, 6) is -4.48. The fraction of sp³-hybridized carbons (Fsp3) is 0.346. The zero-order valence-corrected chi connectivity index (χ0v) is 20.1. The van der Waals surface area contributed by atoms with E-state index in [1.165, 1.54) is 0 Å². The summed E-state index contributed by atoms with van der Waals surface area (Å²) in [5.41, 5.74) is 23.4. The highest BCUT2D eigenvalue weighted by Gasteiger charge is 2.34. The van der Waals surface area contributed by atoms with Crippen LogP contribution in [-0.4, -0.2) is 47.1 Å². The zero-order chi connectivity index (χ0) is 26.5. The van der Waals surface area contributed by atoms with Crippen molar-refractivity contribution >= 4 is 29.5 Å². The van der Waals surface area contributed by atoms with Gasteiger partial charge < -0.3 is 28.0 Å². The van der Waals surface area contributed by atoms with E-state index < -0.39 is 35.4 Å². The minimum Gasteiger partial charge on any atom is -0.481 e. The van der Waals surface area contributed by atoms with Crippen molar-refractivity contribution in [1.82, 2.24) is 0 Å². The number of nitrogens with zero attached hydrogens (tertiary/aromatic N) is 2. The van der Waals surface area contributed by atoms with Gasteiger partial charge in [0.15, 0.2) is 17.7 Å². The molecule has 0 aliphatic rings. The maximum absolute atomic E-state index is 13.6. The topological polar surface area (TPSA) is 200 Å². The van der Waals surface area contributed by atoms with Crippen LogP contribution in [0.5, 0.6) is 0 Å². The van der Waals surface area contributed by atoms with Gasteiger partial charge in [-0.25, -0.2) is 4.99 Å². The predicted octanol–water partition coefficient (Wildman–Crippen LogP) is 1.01. The monoisotopic (exact) mass is 494 g/mol. The van der Waals surface area contributed by atoms with E-state index in [1.54, 1.807) is 48.5 Å². The van der Waals surface area contributed by atoms with Crippen LogP contribution in [0.2, 0.25) is 0 Å². The summed E-state index contributed by atoms with van der Waals surface area (Å²) in [6, 6.07) is 17.1. The first-order valence-electron chi connectivity index (χ1n) is 11.7. The predicted molar refractivity (Wildman–Crippen MR) is 139 cm³/mol. The Bertz CT molecular complexity index is 1060. The molecule has 36 heavy (non-hydrogen) atoms. The molecule has 0 unspecified atom stereocenters. The van der Waals surface area contributed by atoms with Gasteiger partial charge in [0.05, 0.1) is 11.8 Å². The highest BCUT2D eigenvalue weighted by Crippen LogP contribution is 2.22. The Balaban J connectivity index is 2.29. The van der Waals surface area contributed by atoms with Gasteiger partial charge in [0.25, 0.3) is 0 Å². The molecule has 2 aromatic rings. The SMILES string of the molecule is NC(N)=NCCC[C@H](N=C(N)N)C(=O)[C@H](Cc1ccccc1)C(=O)C[C@@H](Cc1ccccc1)C(=O)O. The van der Waals surface area contributed by atoms with Gasteiger partial charge in [-0.1, -0.05) is 60.7 Å². The number of carbonyl (C=O) groups excluding carboxylic acids is 2. The van der Waals surface area contributed by atoms with Gasteiger partial charge in [-0.05, 0) is 36.8 Å². The van der Waals surface area contributed by atoms with Crippen LogP contribution in [0.3, 0.4) is 0 Å². The molecule has 10 heteroatoms. The van der Waals surface area contributed by atoms with E-state index in [0.717, 1.165) is 11.1 Å². The summed E-state index contributed by atoms with van der Waals surface area (Å²) < 4.78 is 0. The van der Waals surface area contributed by atoms with Crippen LogP contribution < -0.4 is 22.9 Å². The van der Waals surface area contributed by atoms with Gasteiger partial charge in [0.1, 0.15) is 11.8 Å². The smallest absolute Gasteiger partial charge is 0.307 e. The highest BCUT2D eigenvalue weighted by molar-refractivity contribution is 6.06. The minimum absolute atomic E-state index is 0.0741. The Morgan fingerprint density at radius 3 is 1.86 bits per heavy atom. The first-order chi connectivity index (χ1) is 17.2. The summed E-state index contributed by atoms with van der Waals surface area (Å²) in [5, 5.41) is 9.78. The molecule has 0 saturated heterocycles. The summed E-state index contributed by atoms with van der Waals surface area (Å²) in [6.07, 6.45) is 0.613. The van der Waals surface area contributed by atoms with Crippen LogP contribution in [0.25, 0.3) is 0 Å². The first kappa shape index (κ1) is 28.0. The summed E-state index contributed by atoms with van der Waals surface area (Å²) in [7, 11) is 0. The van der Waals surface area contributed by atoms with E-state index >= 15 is 0 Å².